The quantitative estimate of drug-likeness (QED) is 0.783. The molecule has 0 radical (unpaired) electrons. The van der Waals surface area contributed by atoms with E-state index >= 15 is 0 Å². The van der Waals surface area contributed by atoms with Crippen molar-refractivity contribution >= 4 is 0 Å². The van der Waals surface area contributed by atoms with E-state index < -0.39 is 0 Å². The zero-order valence-electron chi connectivity index (χ0n) is 13.9. The van der Waals surface area contributed by atoms with Crippen LogP contribution in [0.4, 0.5) is 0 Å². The summed E-state index contributed by atoms with van der Waals surface area (Å²) in [5.41, 5.74) is 1.47. The maximum absolute atomic E-state index is 5.48. The summed E-state index contributed by atoms with van der Waals surface area (Å²) in [6, 6.07) is 11.6. The predicted molar refractivity (Wildman–Crippen MR) is 88.8 cm³/mol. The van der Waals surface area contributed by atoms with Crippen molar-refractivity contribution in [3.63, 3.8) is 0 Å². The molecular formula is C19H29NO2. The van der Waals surface area contributed by atoms with Crippen molar-refractivity contribution < 1.29 is 9.47 Å². The first-order valence-electron chi connectivity index (χ1n) is 8.62. The predicted octanol–water partition coefficient (Wildman–Crippen LogP) is 3.39. The molecule has 1 N–H and O–H groups in total. The summed E-state index contributed by atoms with van der Waals surface area (Å²) in [6.07, 6.45) is 7.29. The van der Waals surface area contributed by atoms with Gasteiger partial charge in [-0.1, -0.05) is 36.8 Å². The number of hydrogen-bond acceptors (Lipinski definition) is 3. The summed E-state index contributed by atoms with van der Waals surface area (Å²) in [5, 5.41) is 3.83. The zero-order chi connectivity index (χ0) is 15.4. The second-order valence-electron chi connectivity index (χ2n) is 6.99. The Morgan fingerprint density at radius 3 is 2.50 bits per heavy atom. The lowest BCUT2D eigenvalue weighted by molar-refractivity contribution is -0.269. The fourth-order valence-corrected chi connectivity index (χ4v) is 4.17. The average Bonchev–Trinajstić information content (AvgIpc) is 2.95. The van der Waals surface area contributed by atoms with E-state index in [2.05, 4.69) is 35.6 Å². The van der Waals surface area contributed by atoms with Crippen LogP contribution in [0.1, 0.15) is 37.7 Å². The molecule has 0 spiro atoms. The van der Waals surface area contributed by atoms with Gasteiger partial charge in [0.25, 0.3) is 0 Å². The van der Waals surface area contributed by atoms with Crippen molar-refractivity contribution in [1.82, 2.24) is 5.32 Å². The first-order valence-corrected chi connectivity index (χ1v) is 8.62. The van der Waals surface area contributed by atoms with Crippen molar-refractivity contribution in [2.75, 3.05) is 20.8 Å². The minimum Gasteiger partial charge on any atom is -0.353 e. The number of hydrogen-bond donors (Lipinski definition) is 1. The lowest BCUT2D eigenvalue weighted by Crippen LogP contribution is -2.51. The molecule has 0 heterocycles. The molecule has 0 aliphatic heterocycles. The van der Waals surface area contributed by atoms with Gasteiger partial charge in [0.05, 0.1) is 0 Å². The number of ether oxygens (including phenoxy) is 2. The minimum absolute atomic E-state index is 0.300. The second-order valence-corrected chi connectivity index (χ2v) is 6.99. The van der Waals surface area contributed by atoms with Crippen LogP contribution in [0.15, 0.2) is 30.3 Å². The van der Waals surface area contributed by atoms with Crippen LogP contribution in [0.3, 0.4) is 0 Å². The Labute approximate surface area is 134 Å². The minimum atomic E-state index is -0.300. The van der Waals surface area contributed by atoms with Crippen molar-refractivity contribution in [2.24, 2.45) is 11.8 Å². The molecule has 0 saturated heterocycles. The van der Waals surface area contributed by atoms with Crippen LogP contribution in [0.25, 0.3) is 0 Å². The average molecular weight is 303 g/mol. The van der Waals surface area contributed by atoms with Crippen LogP contribution in [-0.4, -0.2) is 32.6 Å². The van der Waals surface area contributed by atoms with Gasteiger partial charge in [0.1, 0.15) is 0 Å². The highest BCUT2D eigenvalue weighted by Crippen LogP contribution is 2.41. The maximum Gasteiger partial charge on any atom is 0.168 e. The van der Waals surface area contributed by atoms with E-state index in [-0.39, 0.29) is 5.79 Å². The van der Waals surface area contributed by atoms with Crippen molar-refractivity contribution in [3.05, 3.63) is 35.9 Å². The molecule has 3 heteroatoms. The lowest BCUT2D eigenvalue weighted by Gasteiger charge is -2.45. The first-order chi connectivity index (χ1) is 10.7. The number of rotatable bonds is 7. The topological polar surface area (TPSA) is 30.5 Å². The van der Waals surface area contributed by atoms with Gasteiger partial charge >= 0.3 is 0 Å². The van der Waals surface area contributed by atoms with Crippen LogP contribution >= 0.6 is 0 Å². The SMILES string of the molecule is COC1(OC)CC(CNC2CCCC2Cc2ccccc2)C1. The van der Waals surface area contributed by atoms with E-state index in [0.29, 0.717) is 12.0 Å². The van der Waals surface area contributed by atoms with Crippen LogP contribution in [-0.2, 0) is 15.9 Å². The number of nitrogens with one attached hydrogen (secondary N) is 1. The molecule has 0 bridgehead atoms. The molecule has 22 heavy (non-hydrogen) atoms. The van der Waals surface area contributed by atoms with Crippen LogP contribution in [0.2, 0.25) is 0 Å². The summed E-state index contributed by atoms with van der Waals surface area (Å²) >= 11 is 0. The van der Waals surface area contributed by atoms with E-state index in [1.165, 1.54) is 31.2 Å². The molecule has 3 nitrogen and oxygen atoms in total. The van der Waals surface area contributed by atoms with Gasteiger partial charge < -0.3 is 14.8 Å². The number of benzene rings is 1. The highest BCUT2D eigenvalue weighted by Gasteiger charge is 2.45. The normalized spacial score (nSPS) is 27.7. The number of methoxy groups -OCH3 is 2. The van der Waals surface area contributed by atoms with Gasteiger partial charge in [0.2, 0.25) is 0 Å². The molecule has 0 aromatic heterocycles. The molecular weight excluding hydrogens is 274 g/mol. The highest BCUT2D eigenvalue weighted by molar-refractivity contribution is 5.16. The first kappa shape index (κ1) is 16.0. The van der Waals surface area contributed by atoms with Gasteiger partial charge in [0.15, 0.2) is 5.79 Å². The summed E-state index contributed by atoms with van der Waals surface area (Å²) < 4.78 is 11.0. The van der Waals surface area contributed by atoms with Gasteiger partial charge in [-0.25, -0.2) is 0 Å². The molecule has 2 fully saturated rings. The van der Waals surface area contributed by atoms with Gasteiger partial charge in [-0.2, -0.15) is 0 Å². The molecule has 1 aromatic rings. The molecule has 2 unspecified atom stereocenters. The van der Waals surface area contributed by atoms with Crippen LogP contribution < -0.4 is 5.32 Å². The van der Waals surface area contributed by atoms with Gasteiger partial charge in [-0.15, -0.1) is 0 Å². The fourth-order valence-electron chi connectivity index (χ4n) is 4.17. The fraction of sp³-hybridized carbons (Fsp3) is 0.684. The van der Waals surface area contributed by atoms with Crippen LogP contribution in [0, 0.1) is 11.8 Å². The lowest BCUT2D eigenvalue weighted by atomic mass is 9.78. The third-order valence-electron chi connectivity index (χ3n) is 5.61. The summed E-state index contributed by atoms with van der Waals surface area (Å²) in [5.74, 6) is 1.18. The van der Waals surface area contributed by atoms with E-state index in [1.54, 1.807) is 14.2 Å². The van der Waals surface area contributed by atoms with E-state index in [9.17, 15) is 0 Å². The molecule has 2 atom stereocenters. The Hall–Kier alpha value is -0.900. The highest BCUT2D eigenvalue weighted by atomic mass is 16.7. The molecule has 122 valence electrons. The van der Waals surface area contributed by atoms with Crippen molar-refractivity contribution in [2.45, 2.75) is 50.4 Å². The second kappa shape index (κ2) is 7.12. The maximum atomic E-state index is 5.48. The molecule has 1 aromatic carbocycles. The molecule has 3 rings (SSSR count). The van der Waals surface area contributed by atoms with Gasteiger partial charge in [0, 0.05) is 33.1 Å². The Morgan fingerprint density at radius 2 is 1.82 bits per heavy atom. The van der Waals surface area contributed by atoms with E-state index in [0.717, 1.165) is 25.3 Å². The summed E-state index contributed by atoms with van der Waals surface area (Å²) in [6.45, 7) is 1.10. The zero-order valence-corrected chi connectivity index (χ0v) is 13.9. The summed E-state index contributed by atoms with van der Waals surface area (Å²) in [4.78, 5) is 0. The van der Waals surface area contributed by atoms with Crippen molar-refractivity contribution in [3.8, 4) is 0 Å². The molecule has 2 aliphatic rings. The smallest absolute Gasteiger partial charge is 0.168 e. The third kappa shape index (κ3) is 3.53. The molecule has 2 aliphatic carbocycles. The van der Waals surface area contributed by atoms with Gasteiger partial charge in [-0.3, -0.25) is 0 Å². The van der Waals surface area contributed by atoms with E-state index in [1.807, 2.05) is 0 Å². The Kier molecular flexibility index (Phi) is 5.17. The van der Waals surface area contributed by atoms with Crippen molar-refractivity contribution in [1.29, 1.82) is 0 Å². The Balaban J connectivity index is 1.44. The largest absolute Gasteiger partial charge is 0.353 e. The molecule has 2 saturated carbocycles. The van der Waals surface area contributed by atoms with E-state index in [4.69, 9.17) is 9.47 Å². The Morgan fingerprint density at radius 1 is 1.09 bits per heavy atom. The molecule has 0 amide bonds. The monoisotopic (exact) mass is 303 g/mol. The Bertz CT molecular complexity index is 450. The standard InChI is InChI=1S/C19H29NO2/c1-21-19(22-2)12-16(13-19)14-20-18-10-6-9-17(18)11-15-7-4-3-5-8-15/h3-5,7-8,16-18,20H,6,9-14H2,1-2H3. The summed E-state index contributed by atoms with van der Waals surface area (Å²) in [7, 11) is 3.50. The third-order valence-corrected chi connectivity index (χ3v) is 5.61. The van der Waals surface area contributed by atoms with Crippen LogP contribution in [0.5, 0.6) is 0 Å². The van der Waals surface area contributed by atoms with Gasteiger partial charge in [-0.05, 0) is 43.2 Å².